The number of hydrogen-bond donors (Lipinski definition) is 3. The van der Waals surface area contributed by atoms with Crippen molar-refractivity contribution in [3.63, 3.8) is 0 Å². The Morgan fingerprint density at radius 1 is 1.22 bits per heavy atom. The Bertz CT molecular complexity index is 817. The average molecular weight is 376 g/mol. The molecule has 3 aliphatic carbocycles. The predicted octanol–water partition coefficient (Wildman–Crippen LogP) is 0.0863. The maximum atomic E-state index is 12.5. The van der Waals surface area contributed by atoms with Gasteiger partial charge in [0.05, 0.1) is 13.0 Å². The summed E-state index contributed by atoms with van der Waals surface area (Å²) < 4.78 is 11.5. The minimum Gasteiger partial charge on any atom is -0.462 e. The minimum atomic E-state index is -1.98. The monoisotopic (exact) mass is 376 g/mol. The molecular weight excluding hydrogens is 352 g/mol. The second-order valence-electron chi connectivity index (χ2n) is 9.15. The molecule has 2 aliphatic heterocycles. The van der Waals surface area contributed by atoms with E-state index in [0.717, 1.165) is 5.57 Å². The van der Waals surface area contributed by atoms with E-state index in [1.807, 2.05) is 6.92 Å². The summed E-state index contributed by atoms with van der Waals surface area (Å²) in [5.74, 6) is -4.25. The topological polar surface area (TPSA) is 113 Å². The third-order valence-electron chi connectivity index (χ3n) is 8.19. The number of esters is 1. The fraction of sp³-hybridized carbons (Fsp3) is 0.700. The Morgan fingerprint density at radius 3 is 2.63 bits per heavy atom. The van der Waals surface area contributed by atoms with Gasteiger partial charge in [-0.25, -0.2) is 0 Å². The molecule has 7 heteroatoms. The third kappa shape index (κ3) is 1.69. The van der Waals surface area contributed by atoms with Gasteiger partial charge in [0, 0.05) is 22.7 Å². The van der Waals surface area contributed by atoms with Crippen molar-refractivity contribution in [1.82, 2.24) is 0 Å². The van der Waals surface area contributed by atoms with Crippen LogP contribution in [0, 0.1) is 28.6 Å². The first-order chi connectivity index (χ1) is 12.6. The van der Waals surface area contributed by atoms with Crippen LogP contribution < -0.4 is 0 Å². The van der Waals surface area contributed by atoms with E-state index in [-0.39, 0.29) is 24.9 Å². The van der Waals surface area contributed by atoms with Gasteiger partial charge in [-0.15, -0.1) is 0 Å². The van der Waals surface area contributed by atoms with E-state index < -0.39 is 52.5 Å². The number of rotatable bonds is 0. The molecule has 1 spiro atoms. The van der Waals surface area contributed by atoms with Crippen molar-refractivity contribution in [2.45, 2.75) is 50.8 Å². The molecular formula is C20H24O7. The van der Waals surface area contributed by atoms with Crippen LogP contribution in [0.15, 0.2) is 23.8 Å². The third-order valence-corrected chi connectivity index (χ3v) is 8.19. The largest absolute Gasteiger partial charge is 0.462 e. The molecule has 7 nitrogen and oxygen atoms in total. The lowest BCUT2D eigenvalue weighted by atomic mass is 9.39. The second-order valence-corrected chi connectivity index (χ2v) is 9.15. The van der Waals surface area contributed by atoms with Crippen LogP contribution in [0.5, 0.6) is 0 Å². The molecule has 6 unspecified atom stereocenters. The Kier molecular flexibility index (Phi) is 3.18. The lowest BCUT2D eigenvalue weighted by Crippen LogP contribution is -2.74. The van der Waals surface area contributed by atoms with Crippen LogP contribution in [0.3, 0.4) is 0 Å². The van der Waals surface area contributed by atoms with Crippen molar-refractivity contribution in [2.75, 3.05) is 6.61 Å². The lowest BCUT2D eigenvalue weighted by Gasteiger charge is -2.66. The molecule has 5 rings (SSSR count). The Morgan fingerprint density at radius 2 is 1.93 bits per heavy atom. The molecule has 27 heavy (non-hydrogen) atoms. The predicted molar refractivity (Wildman–Crippen MR) is 90.9 cm³/mol. The van der Waals surface area contributed by atoms with Gasteiger partial charge in [-0.05, 0) is 30.9 Å². The molecule has 4 fully saturated rings. The summed E-state index contributed by atoms with van der Waals surface area (Å²) in [6.07, 6.45) is -1.36. The van der Waals surface area contributed by atoms with Crippen molar-refractivity contribution in [1.29, 1.82) is 0 Å². The van der Waals surface area contributed by atoms with Gasteiger partial charge in [0.25, 0.3) is 0 Å². The quantitative estimate of drug-likeness (QED) is 0.405. The van der Waals surface area contributed by atoms with Crippen molar-refractivity contribution in [2.24, 2.45) is 28.6 Å². The number of carbonyl (C=O) groups is 2. The zero-order valence-corrected chi connectivity index (χ0v) is 15.3. The van der Waals surface area contributed by atoms with Gasteiger partial charge in [-0.2, -0.15) is 0 Å². The van der Waals surface area contributed by atoms with Gasteiger partial charge >= 0.3 is 5.97 Å². The van der Waals surface area contributed by atoms with Crippen molar-refractivity contribution >= 4 is 11.8 Å². The summed E-state index contributed by atoms with van der Waals surface area (Å²) in [6, 6.07) is 0. The Balaban J connectivity index is 1.79. The maximum Gasteiger partial charge on any atom is 0.306 e. The molecule has 0 aromatic carbocycles. The van der Waals surface area contributed by atoms with Gasteiger partial charge in [-0.1, -0.05) is 19.1 Å². The lowest BCUT2D eigenvalue weighted by molar-refractivity contribution is -0.305. The fourth-order valence-corrected chi connectivity index (χ4v) is 7.14. The minimum absolute atomic E-state index is 0.0436. The Hall–Kier alpha value is -1.54. The molecule has 0 amide bonds. The highest BCUT2D eigenvalue weighted by atomic mass is 16.6. The summed E-state index contributed by atoms with van der Waals surface area (Å²) >= 11 is 0. The first-order valence-corrected chi connectivity index (χ1v) is 9.41. The molecule has 0 aromatic rings. The van der Waals surface area contributed by atoms with Crippen molar-refractivity contribution in [3.8, 4) is 0 Å². The van der Waals surface area contributed by atoms with Crippen LogP contribution in [-0.2, 0) is 19.1 Å². The zero-order chi connectivity index (χ0) is 19.5. The van der Waals surface area contributed by atoms with Crippen LogP contribution in [0.2, 0.25) is 0 Å². The summed E-state index contributed by atoms with van der Waals surface area (Å²) in [5.41, 5.74) is -0.730. The second kappa shape index (κ2) is 4.89. The molecule has 5 aliphatic rings. The summed E-state index contributed by atoms with van der Waals surface area (Å²) in [4.78, 5) is 24.8. The molecule has 0 aromatic heterocycles. The molecule has 3 N–H and O–H groups in total. The van der Waals surface area contributed by atoms with Crippen LogP contribution in [0.1, 0.15) is 26.7 Å². The highest BCUT2D eigenvalue weighted by molar-refractivity contribution is 5.96. The van der Waals surface area contributed by atoms with E-state index >= 15 is 0 Å². The van der Waals surface area contributed by atoms with E-state index in [9.17, 15) is 24.9 Å². The average Bonchev–Trinajstić information content (AvgIpc) is 2.90. The number of carbonyl (C=O) groups excluding carboxylic acids is 2. The molecule has 2 bridgehead atoms. The van der Waals surface area contributed by atoms with Crippen LogP contribution in [-0.4, -0.2) is 57.8 Å². The van der Waals surface area contributed by atoms with E-state index in [4.69, 9.17) is 9.47 Å². The summed E-state index contributed by atoms with van der Waals surface area (Å²) in [6.45, 7) is 7.64. The smallest absolute Gasteiger partial charge is 0.306 e. The van der Waals surface area contributed by atoms with Gasteiger partial charge < -0.3 is 24.8 Å². The van der Waals surface area contributed by atoms with Gasteiger partial charge in [0.15, 0.2) is 11.6 Å². The van der Waals surface area contributed by atoms with Crippen LogP contribution >= 0.6 is 0 Å². The molecule has 2 heterocycles. The number of allylic oxidation sites excluding steroid dienone is 1. The van der Waals surface area contributed by atoms with Gasteiger partial charge in [0.2, 0.25) is 0 Å². The number of fused-ring (bicyclic) bond motifs is 1. The number of ether oxygens (including phenoxy) is 2. The fourth-order valence-electron chi connectivity index (χ4n) is 7.14. The molecule has 2 saturated heterocycles. The highest BCUT2D eigenvalue weighted by Gasteiger charge is 2.81. The Labute approximate surface area is 156 Å². The van der Waals surface area contributed by atoms with Crippen molar-refractivity contribution in [3.05, 3.63) is 23.8 Å². The van der Waals surface area contributed by atoms with Crippen LogP contribution in [0.25, 0.3) is 0 Å². The molecule has 9 atom stereocenters. The maximum absolute atomic E-state index is 12.5. The SMILES string of the molecule is C=C1C(O)[C@]2(O)OC[C@@]34C(CC5C(C)=CC(=O)C(O)[C@]5(C)C23)OC(=O)CC14. The van der Waals surface area contributed by atoms with Gasteiger partial charge in [-0.3, -0.25) is 9.59 Å². The summed E-state index contributed by atoms with van der Waals surface area (Å²) in [5, 5.41) is 33.3. The van der Waals surface area contributed by atoms with Crippen LogP contribution in [0.4, 0.5) is 0 Å². The number of hydrogen-bond acceptors (Lipinski definition) is 7. The van der Waals surface area contributed by atoms with E-state index in [0.29, 0.717) is 12.0 Å². The van der Waals surface area contributed by atoms with Crippen molar-refractivity contribution < 1.29 is 34.4 Å². The number of ketones is 1. The first kappa shape index (κ1) is 17.6. The van der Waals surface area contributed by atoms with E-state index in [1.54, 1.807) is 6.92 Å². The normalized spacial score (nSPS) is 56.2. The molecule has 0 radical (unpaired) electrons. The standard InChI is InChI=1S/C20H24O7/c1-8-4-12(21)16(24)18(3)10(8)5-13-19-7-26-20(25,17(18)19)15(23)9(2)11(19)6-14(22)27-13/h4,10-11,13,15-17,23-25H,2,5-7H2,1,3H3/t10?,11?,13?,15?,16?,17?,18-,19-,20+/m1/s1. The number of aliphatic hydroxyl groups is 3. The summed E-state index contributed by atoms with van der Waals surface area (Å²) in [7, 11) is 0. The highest BCUT2D eigenvalue weighted by Crippen LogP contribution is 2.73. The number of aliphatic hydroxyl groups excluding tert-OH is 2. The van der Waals surface area contributed by atoms with E-state index in [1.165, 1.54) is 6.08 Å². The zero-order valence-electron chi connectivity index (χ0n) is 15.3. The molecule has 146 valence electrons. The van der Waals surface area contributed by atoms with Gasteiger partial charge in [0.1, 0.15) is 18.3 Å². The van der Waals surface area contributed by atoms with E-state index in [2.05, 4.69) is 6.58 Å². The first-order valence-electron chi connectivity index (χ1n) is 9.41. The molecule has 2 saturated carbocycles.